The van der Waals surface area contributed by atoms with Gasteiger partial charge >= 0.3 is 0 Å². The van der Waals surface area contributed by atoms with Crippen LogP contribution >= 0.6 is 0 Å². The molecule has 0 aliphatic carbocycles. The van der Waals surface area contributed by atoms with Gasteiger partial charge in [0.1, 0.15) is 0 Å². The third-order valence-electron chi connectivity index (χ3n) is 3.59. The van der Waals surface area contributed by atoms with Crippen molar-refractivity contribution in [3.05, 3.63) is 36.5 Å². The van der Waals surface area contributed by atoms with Crippen LogP contribution in [0.2, 0.25) is 18.1 Å². The lowest BCUT2D eigenvalue weighted by atomic mass is 10.2. The Bertz CT molecular complexity index is 319. The number of hydrogen-bond donors (Lipinski definition) is 0. The molecule has 0 aromatic carbocycles. The molecule has 0 N–H and O–H groups in total. The van der Waals surface area contributed by atoms with E-state index in [1.807, 2.05) is 0 Å². The number of rotatable bonds is 7. The van der Waals surface area contributed by atoms with Crippen molar-refractivity contribution in [3.8, 4) is 0 Å². The van der Waals surface area contributed by atoms with Crippen LogP contribution in [0, 0.1) is 0 Å². The van der Waals surface area contributed by atoms with E-state index in [-0.39, 0.29) is 11.1 Å². The zero-order valence-corrected chi connectivity index (χ0v) is 14.9. The van der Waals surface area contributed by atoms with Crippen molar-refractivity contribution in [1.82, 2.24) is 0 Å². The molecule has 0 aromatic heterocycles. The van der Waals surface area contributed by atoms with Gasteiger partial charge in [-0.15, -0.1) is 0 Å². The van der Waals surface area contributed by atoms with E-state index in [0.717, 1.165) is 6.42 Å². The molecule has 0 unspecified atom stereocenters. The molecule has 0 spiro atoms. The number of unbranched alkanes of at least 4 members (excludes halogenated alkanes) is 1. The summed E-state index contributed by atoms with van der Waals surface area (Å²) in [5.41, 5.74) is 0. The average Bonchev–Trinajstić information content (AvgIpc) is 2.25. The highest BCUT2D eigenvalue weighted by atomic mass is 28.4. The molecule has 0 radical (unpaired) electrons. The molecule has 1 nitrogen and oxygen atoms in total. The summed E-state index contributed by atoms with van der Waals surface area (Å²) >= 11 is 0. The molecule has 0 saturated heterocycles. The molecule has 1 atom stereocenters. The molecule has 0 fully saturated rings. The van der Waals surface area contributed by atoms with Crippen molar-refractivity contribution < 1.29 is 4.43 Å². The lowest BCUT2D eigenvalue weighted by Crippen LogP contribution is -2.42. The summed E-state index contributed by atoms with van der Waals surface area (Å²) in [4.78, 5) is 0. The molecular formula is C17H32OSi. The topological polar surface area (TPSA) is 9.23 Å². The van der Waals surface area contributed by atoms with Gasteiger partial charge in [0.05, 0.1) is 6.10 Å². The van der Waals surface area contributed by atoms with Crippen molar-refractivity contribution in [2.45, 2.75) is 71.7 Å². The van der Waals surface area contributed by atoms with Crippen molar-refractivity contribution in [1.29, 1.82) is 0 Å². The first-order valence-electron chi connectivity index (χ1n) is 7.38. The van der Waals surface area contributed by atoms with E-state index < -0.39 is 8.32 Å². The van der Waals surface area contributed by atoms with Gasteiger partial charge in [-0.2, -0.15) is 0 Å². The highest BCUT2D eigenvalue weighted by Gasteiger charge is 2.37. The molecule has 0 aliphatic heterocycles. The average molecular weight is 281 g/mol. The largest absolute Gasteiger partial charge is 0.411 e. The molecule has 0 aromatic rings. The first kappa shape index (κ1) is 18.4. The normalized spacial score (nSPS) is 15.9. The Morgan fingerprint density at radius 3 is 2.16 bits per heavy atom. The van der Waals surface area contributed by atoms with E-state index in [2.05, 4.69) is 84.2 Å². The smallest absolute Gasteiger partial charge is 0.192 e. The van der Waals surface area contributed by atoms with Crippen LogP contribution in [0.4, 0.5) is 0 Å². The van der Waals surface area contributed by atoms with Crippen LogP contribution < -0.4 is 0 Å². The molecule has 0 bridgehead atoms. The quantitative estimate of drug-likeness (QED) is 0.419. The summed E-state index contributed by atoms with van der Waals surface area (Å²) in [7, 11) is -1.64. The van der Waals surface area contributed by atoms with Crippen LogP contribution in [0.3, 0.4) is 0 Å². The van der Waals surface area contributed by atoms with E-state index in [1.165, 1.54) is 6.42 Å². The summed E-state index contributed by atoms with van der Waals surface area (Å²) in [6.07, 6.45) is 15.2. The number of hydrogen-bond acceptors (Lipinski definition) is 1. The van der Waals surface area contributed by atoms with E-state index in [9.17, 15) is 0 Å². The van der Waals surface area contributed by atoms with E-state index in [4.69, 9.17) is 4.43 Å². The minimum atomic E-state index is -1.64. The molecule has 0 aliphatic rings. The van der Waals surface area contributed by atoms with Crippen LogP contribution in [-0.2, 0) is 4.43 Å². The van der Waals surface area contributed by atoms with Crippen LogP contribution in [0.1, 0.15) is 47.5 Å². The second kappa shape index (κ2) is 8.54. The molecular weight excluding hydrogens is 248 g/mol. The third-order valence-corrected chi connectivity index (χ3v) is 8.17. The Kier molecular flexibility index (Phi) is 8.27. The third kappa shape index (κ3) is 8.22. The summed E-state index contributed by atoms with van der Waals surface area (Å²) in [6.45, 7) is 15.7. The fraction of sp³-hybridized carbons (Fsp3) is 0.647. The van der Waals surface area contributed by atoms with Gasteiger partial charge in [-0.25, -0.2) is 0 Å². The summed E-state index contributed by atoms with van der Waals surface area (Å²) in [5.74, 6) is 0. The van der Waals surface area contributed by atoms with Gasteiger partial charge in [-0.3, -0.25) is 0 Å². The van der Waals surface area contributed by atoms with Gasteiger partial charge in [-0.05, 0) is 31.5 Å². The summed E-state index contributed by atoms with van der Waals surface area (Å²) < 4.78 is 6.25. The molecule has 19 heavy (non-hydrogen) atoms. The fourth-order valence-corrected chi connectivity index (χ4v) is 2.73. The highest BCUT2D eigenvalue weighted by molar-refractivity contribution is 6.74. The maximum Gasteiger partial charge on any atom is 0.192 e. The Hall–Kier alpha value is -0.603. The van der Waals surface area contributed by atoms with Gasteiger partial charge < -0.3 is 4.43 Å². The minimum Gasteiger partial charge on any atom is -0.411 e. The van der Waals surface area contributed by atoms with Gasteiger partial charge in [-0.1, -0.05) is 70.6 Å². The van der Waals surface area contributed by atoms with Crippen molar-refractivity contribution >= 4 is 8.32 Å². The molecule has 0 saturated carbocycles. The van der Waals surface area contributed by atoms with Crippen LogP contribution in [-0.4, -0.2) is 14.4 Å². The Morgan fingerprint density at radius 1 is 1.05 bits per heavy atom. The SMILES string of the molecule is CCC/C=C/C=C/C=C/[C@H](C)O[Si](C)(C)C(C)(C)C. The maximum absolute atomic E-state index is 6.25. The Morgan fingerprint density at radius 2 is 1.63 bits per heavy atom. The fourth-order valence-electron chi connectivity index (χ4n) is 1.37. The monoisotopic (exact) mass is 280 g/mol. The predicted molar refractivity (Wildman–Crippen MR) is 90.1 cm³/mol. The van der Waals surface area contributed by atoms with Crippen molar-refractivity contribution in [2.24, 2.45) is 0 Å². The van der Waals surface area contributed by atoms with E-state index in [0.29, 0.717) is 0 Å². The van der Waals surface area contributed by atoms with Crippen molar-refractivity contribution in [2.75, 3.05) is 0 Å². The van der Waals surface area contributed by atoms with E-state index in [1.54, 1.807) is 0 Å². The van der Waals surface area contributed by atoms with Gasteiger partial charge in [0.2, 0.25) is 0 Å². The highest BCUT2D eigenvalue weighted by Crippen LogP contribution is 2.37. The van der Waals surface area contributed by atoms with Crippen LogP contribution in [0.5, 0.6) is 0 Å². The predicted octanol–water partition coefficient (Wildman–Crippen LogP) is 5.87. The zero-order valence-electron chi connectivity index (χ0n) is 13.9. The van der Waals surface area contributed by atoms with Gasteiger partial charge in [0, 0.05) is 0 Å². The van der Waals surface area contributed by atoms with Crippen molar-refractivity contribution in [3.63, 3.8) is 0 Å². The maximum atomic E-state index is 6.25. The Balaban J connectivity index is 4.21. The standard InChI is InChI=1S/C17H32OSi/c1-8-9-10-11-12-13-14-15-16(2)18-19(6,7)17(3,4)5/h10-16H,8-9H2,1-7H3/b11-10+,13-12+,15-14+/t16-/m0/s1. The second-order valence-electron chi connectivity index (χ2n) is 6.57. The van der Waals surface area contributed by atoms with Crippen LogP contribution in [0.15, 0.2) is 36.5 Å². The molecule has 0 amide bonds. The first-order valence-corrected chi connectivity index (χ1v) is 10.3. The van der Waals surface area contributed by atoms with E-state index >= 15 is 0 Å². The molecule has 0 heterocycles. The van der Waals surface area contributed by atoms with Gasteiger partial charge in [0.15, 0.2) is 8.32 Å². The lowest BCUT2D eigenvalue weighted by Gasteiger charge is -2.37. The minimum absolute atomic E-state index is 0.185. The molecule has 0 rings (SSSR count). The lowest BCUT2D eigenvalue weighted by molar-refractivity contribution is 0.243. The number of allylic oxidation sites excluding steroid dienone is 5. The Labute approximate surface area is 121 Å². The zero-order chi connectivity index (χ0) is 14.9. The summed E-state index contributed by atoms with van der Waals surface area (Å²) in [5, 5.41) is 0.272. The molecule has 110 valence electrons. The van der Waals surface area contributed by atoms with Crippen LogP contribution in [0.25, 0.3) is 0 Å². The molecule has 2 heteroatoms. The second-order valence-corrected chi connectivity index (χ2v) is 11.3. The van der Waals surface area contributed by atoms with Gasteiger partial charge in [0.25, 0.3) is 0 Å². The first-order chi connectivity index (χ1) is 8.70. The summed E-state index contributed by atoms with van der Waals surface area (Å²) in [6, 6.07) is 0.